The molecule has 0 radical (unpaired) electrons. The van der Waals surface area contributed by atoms with Gasteiger partial charge in [0.25, 0.3) is 0 Å². The van der Waals surface area contributed by atoms with Crippen molar-refractivity contribution in [3.05, 3.63) is 70.7 Å². The number of rotatable bonds is 5. The van der Waals surface area contributed by atoms with Crippen LogP contribution in [0.3, 0.4) is 0 Å². The predicted molar refractivity (Wildman–Crippen MR) is 98.7 cm³/mol. The molecule has 2 rings (SSSR count). The highest BCUT2D eigenvalue weighted by Crippen LogP contribution is 2.36. The van der Waals surface area contributed by atoms with Crippen LogP contribution < -0.4 is 5.73 Å². The molecule has 2 N–H and O–H groups in total. The summed E-state index contributed by atoms with van der Waals surface area (Å²) in [5.74, 6) is 0. The fraction of sp³-hybridized carbons (Fsp3) is 0.278. The van der Waals surface area contributed by atoms with Gasteiger partial charge in [0, 0.05) is 11.1 Å². The molecule has 0 amide bonds. The lowest BCUT2D eigenvalue weighted by molar-refractivity contribution is 0.718. The lowest BCUT2D eigenvalue weighted by atomic mass is 10.0. The molecule has 0 bridgehead atoms. The molecule has 0 spiro atoms. The Bertz CT molecular complexity index is 611. The van der Waals surface area contributed by atoms with Crippen LogP contribution in [-0.4, -0.2) is 11.2 Å². The van der Waals surface area contributed by atoms with Gasteiger partial charge in [0.05, 0.1) is 5.25 Å². The molecule has 0 fully saturated rings. The largest absolute Gasteiger partial charge is 0.379 e. The molecule has 22 heavy (non-hydrogen) atoms. The van der Waals surface area contributed by atoms with E-state index in [9.17, 15) is 0 Å². The summed E-state index contributed by atoms with van der Waals surface area (Å²) >= 11 is 7.59. The molecule has 0 aliphatic carbocycles. The molecular weight excluding hydrogens is 312 g/mol. The summed E-state index contributed by atoms with van der Waals surface area (Å²) in [5, 5.41) is 1.48. The summed E-state index contributed by atoms with van der Waals surface area (Å²) in [7, 11) is 0. The van der Waals surface area contributed by atoms with Crippen molar-refractivity contribution < 1.29 is 0 Å². The van der Waals surface area contributed by atoms with E-state index in [-0.39, 0.29) is 11.3 Å². The van der Waals surface area contributed by atoms with Crippen LogP contribution in [0.5, 0.6) is 0 Å². The summed E-state index contributed by atoms with van der Waals surface area (Å²) in [4.78, 5) is 4.54. The van der Waals surface area contributed by atoms with E-state index >= 15 is 0 Å². The standard InChI is InChI=1S/C18H21ClN2S/c1-3-13(2)21-18(20)22-17(14-7-5-4-6-8-14)15-9-11-16(19)12-10-15/h4-13,17H,3H2,1-2H3,(H2,20,21)/t13-,17-/m1/s1. The number of nitrogens with two attached hydrogens (primary N) is 1. The van der Waals surface area contributed by atoms with E-state index in [1.54, 1.807) is 11.8 Å². The second kappa shape index (κ2) is 8.25. The zero-order valence-corrected chi connectivity index (χ0v) is 14.4. The third-order valence-corrected chi connectivity index (χ3v) is 4.83. The Morgan fingerprint density at radius 3 is 2.27 bits per heavy atom. The van der Waals surface area contributed by atoms with E-state index in [4.69, 9.17) is 17.3 Å². The van der Waals surface area contributed by atoms with Crippen molar-refractivity contribution in [3.8, 4) is 0 Å². The highest BCUT2D eigenvalue weighted by molar-refractivity contribution is 8.14. The fourth-order valence-corrected chi connectivity index (χ4v) is 3.25. The lowest BCUT2D eigenvalue weighted by Gasteiger charge is -2.18. The van der Waals surface area contributed by atoms with Gasteiger partial charge in [-0.25, -0.2) is 0 Å². The first kappa shape index (κ1) is 16.9. The van der Waals surface area contributed by atoms with Crippen molar-refractivity contribution in [1.82, 2.24) is 0 Å². The minimum Gasteiger partial charge on any atom is -0.379 e. The molecule has 2 aromatic carbocycles. The maximum atomic E-state index is 6.14. The topological polar surface area (TPSA) is 38.4 Å². The summed E-state index contributed by atoms with van der Waals surface area (Å²) in [6, 6.07) is 18.5. The smallest absolute Gasteiger partial charge is 0.155 e. The molecule has 2 aromatic rings. The van der Waals surface area contributed by atoms with Gasteiger partial charge >= 0.3 is 0 Å². The molecule has 0 saturated heterocycles. The first-order valence-electron chi connectivity index (χ1n) is 7.40. The highest BCUT2D eigenvalue weighted by Gasteiger charge is 2.17. The molecule has 0 unspecified atom stereocenters. The second-order valence-corrected chi connectivity index (χ2v) is 6.75. The van der Waals surface area contributed by atoms with E-state index in [1.165, 1.54) is 11.1 Å². The van der Waals surface area contributed by atoms with Gasteiger partial charge in [0.15, 0.2) is 5.17 Å². The average Bonchev–Trinajstić information content (AvgIpc) is 2.54. The van der Waals surface area contributed by atoms with Gasteiger partial charge in [-0.2, -0.15) is 0 Å². The number of hydrogen-bond acceptors (Lipinski definition) is 2. The van der Waals surface area contributed by atoms with Gasteiger partial charge in [0.2, 0.25) is 0 Å². The van der Waals surface area contributed by atoms with Gasteiger partial charge in [-0.05, 0) is 36.6 Å². The summed E-state index contributed by atoms with van der Waals surface area (Å²) in [5.41, 5.74) is 8.52. The highest BCUT2D eigenvalue weighted by atomic mass is 35.5. The Hall–Kier alpha value is -1.45. The molecule has 0 aliphatic heterocycles. The van der Waals surface area contributed by atoms with Crippen molar-refractivity contribution in [2.45, 2.75) is 31.6 Å². The number of amidine groups is 1. The molecule has 116 valence electrons. The summed E-state index contributed by atoms with van der Waals surface area (Å²) < 4.78 is 0. The van der Waals surface area contributed by atoms with Gasteiger partial charge in [-0.3, -0.25) is 4.99 Å². The van der Waals surface area contributed by atoms with E-state index in [0.29, 0.717) is 5.17 Å². The number of thioether (sulfide) groups is 1. The number of nitrogens with zero attached hydrogens (tertiary/aromatic N) is 1. The van der Waals surface area contributed by atoms with Crippen LogP contribution in [0.15, 0.2) is 59.6 Å². The Labute approximate surface area is 141 Å². The van der Waals surface area contributed by atoms with Crippen LogP contribution in [0, 0.1) is 0 Å². The maximum Gasteiger partial charge on any atom is 0.155 e. The normalized spacial score (nSPS) is 14.6. The van der Waals surface area contributed by atoms with Crippen LogP contribution in [0.4, 0.5) is 0 Å². The van der Waals surface area contributed by atoms with Crippen LogP contribution >= 0.6 is 23.4 Å². The number of benzene rings is 2. The number of hydrogen-bond donors (Lipinski definition) is 1. The van der Waals surface area contributed by atoms with Crippen LogP contribution in [0.2, 0.25) is 5.02 Å². The van der Waals surface area contributed by atoms with Crippen LogP contribution in [0.25, 0.3) is 0 Å². The van der Waals surface area contributed by atoms with Gasteiger partial charge < -0.3 is 5.73 Å². The fourth-order valence-electron chi connectivity index (χ4n) is 2.05. The van der Waals surface area contributed by atoms with E-state index in [0.717, 1.165) is 11.4 Å². The molecule has 0 aromatic heterocycles. The Balaban J connectivity index is 2.30. The van der Waals surface area contributed by atoms with E-state index in [2.05, 4.69) is 31.0 Å². The average molecular weight is 333 g/mol. The first-order chi connectivity index (χ1) is 10.6. The molecule has 2 atom stereocenters. The predicted octanol–water partition coefficient (Wildman–Crippen LogP) is 5.28. The van der Waals surface area contributed by atoms with Gasteiger partial charge in [-0.15, -0.1) is 0 Å². The number of halogens is 1. The first-order valence-corrected chi connectivity index (χ1v) is 8.66. The maximum absolute atomic E-state index is 6.14. The monoisotopic (exact) mass is 332 g/mol. The molecule has 0 heterocycles. The summed E-state index contributed by atoms with van der Waals surface area (Å²) in [6.07, 6.45) is 0.984. The van der Waals surface area contributed by atoms with E-state index in [1.807, 2.05) is 42.5 Å². The minimum absolute atomic E-state index is 0.117. The zero-order valence-electron chi connectivity index (χ0n) is 12.9. The molecule has 4 heteroatoms. The molecule has 2 nitrogen and oxygen atoms in total. The van der Waals surface area contributed by atoms with Crippen molar-refractivity contribution >= 4 is 28.5 Å². The van der Waals surface area contributed by atoms with Crippen LogP contribution in [0.1, 0.15) is 36.6 Å². The Kier molecular flexibility index (Phi) is 6.34. The summed E-state index contributed by atoms with van der Waals surface area (Å²) in [6.45, 7) is 4.19. The van der Waals surface area contributed by atoms with Gasteiger partial charge in [0.1, 0.15) is 0 Å². The number of aliphatic imine (C=N–C) groups is 1. The van der Waals surface area contributed by atoms with Crippen molar-refractivity contribution in [1.29, 1.82) is 0 Å². The lowest BCUT2D eigenvalue weighted by Crippen LogP contribution is -2.13. The van der Waals surface area contributed by atoms with E-state index < -0.39 is 0 Å². The quantitative estimate of drug-likeness (QED) is 0.598. The minimum atomic E-state index is 0.117. The third kappa shape index (κ3) is 4.79. The Morgan fingerprint density at radius 1 is 1.09 bits per heavy atom. The van der Waals surface area contributed by atoms with Gasteiger partial charge in [-0.1, -0.05) is 72.8 Å². The van der Waals surface area contributed by atoms with Crippen LogP contribution in [-0.2, 0) is 0 Å². The Morgan fingerprint density at radius 2 is 1.68 bits per heavy atom. The van der Waals surface area contributed by atoms with Crippen molar-refractivity contribution in [2.75, 3.05) is 0 Å². The molecular formula is C18H21ClN2S. The molecule has 0 aliphatic rings. The second-order valence-electron chi connectivity index (χ2n) is 5.18. The third-order valence-electron chi connectivity index (χ3n) is 3.45. The molecule has 0 saturated carbocycles. The van der Waals surface area contributed by atoms with Crippen molar-refractivity contribution in [3.63, 3.8) is 0 Å². The van der Waals surface area contributed by atoms with Crippen molar-refractivity contribution in [2.24, 2.45) is 10.7 Å². The zero-order chi connectivity index (χ0) is 15.9. The SMILES string of the molecule is CC[C@@H](C)N=C(N)S[C@H](c1ccccc1)c1ccc(Cl)cc1.